The fourth-order valence-electron chi connectivity index (χ4n) is 6.79. The molecule has 0 spiro atoms. The molecule has 5 rings (SSSR count). The van der Waals surface area contributed by atoms with Crippen molar-refractivity contribution in [3.63, 3.8) is 0 Å². The molecule has 40 heavy (non-hydrogen) atoms. The summed E-state index contributed by atoms with van der Waals surface area (Å²) in [5, 5.41) is 2.86. The highest BCUT2D eigenvalue weighted by Crippen LogP contribution is 2.42. The Morgan fingerprint density at radius 1 is 0.875 bits per heavy atom. The van der Waals surface area contributed by atoms with Gasteiger partial charge in [-0.25, -0.2) is 0 Å². The third-order valence-corrected chi connectivity index (χ3v) is 8.70. The molecule has 2 aliphatic rings. The summed E-state index contributed by atoms with van der Waals surface area (Å²) < 4.78 is 0. The number of hydrogen-bond donors (Lipinski definition) is 1. The summed E-state index contributed by atoms with van der Waals surface area (Å²) in [5.41, 5.74) is 4.72. The van der Waals surface area contributed by atoms with Gasteiger partial charge < -0.3 is 10.2 Å². The van der Waals surface area contributed by atoms with Crippen molar-refractivity contribution in [3.05, 3.63) is 113 Å². The molecule has 3 aromatic rings. The SMILES string of the molecule is CCNC(=O)c1ccc(C=C2CC3CCC(C2)N3CCC(C(=O)N(C)C)(c2ccccc2)c2ccccc2)cc1. The molecule has 0 aromatic heterocycles. The van der Waals surface area contributed by atoms with Gasteiger partial charge in [-0.05, 0) is 67.9 Å². The van der Waals surface area contributed by atoms with Gasteiger partial charge in [-0.15, -0.1) is 0 Å². The van der Waals surface area contributed by atoms with Crippen molar-refractivity contribution in [2.24, 2.45) is 0 Å². The van der Waals surface area contributed by atoms with Gasteiger partial charge in [0.2, 0.25) is 5.91 Å². The molecular formula is C35H41N3O2. The normalized spacial score (nSPS) is 18.8. The highest BCUT2D eigenvalue weighted by atomic mass is 16.2. The predicted octanol–water partition coefficient (Wildman–Crippen LogP) is 5.91. The molecule has 5 nitrogen and oxygen atoms in total. The van der Waals surface area contributed by atoms with Crippen LogP contribution in [0.25, 0.3) is 6.08 Å². The molecule has 5 heteroatoms. The van der Waals surface area contributed by atoms with Gasteiger partial charge in [0.1, 0.15) is 5.41 Å². The van der Waals surface area contributed by atoms with E-state index in [0.717, 1.165) is 42.5 Å². The number of nitrogens with zero attached hydrogens (tertiary/aromatic N) is 2. The van der Waals surface area contributed by atoms with Gasteiger partial charge >= 0.3 is 0 Å². The Bertz CT molecular complexity index is 1280. The Morgan fingerprint density at radius 2 is 1.43 bits per heavy atom. The standard InChI is InChI=1S/C35H41N3O2/c1-4-36-33(39)28-17-15-26(16-18-28)23-27-24-31-19-20-32(25-27)38(31)22-21-35(34(40)37(2)3,29-11-7-5-8-12-29)30-13-9-6-10-14-30/h5-18,23,31-32H,4,19-22,24-25H2,1-3H3,(H,36,39). The van der Waals surface area contributed by atoms with Gasteiger partial charge in [0.25, 0.3) is 5.91 Å². The minimum absolute atomic E-state index is 0.0251. The van der Waals surface area contributed by atoms with Gasteiger partial charge in [-0.1, -0.05) is 84.4 Å². The van der Waals surface area contributed by atoms with Gasteiger partial charge in [0.05, 0.1) is 0 Å². The lowest BCUT2D eigenvalue weighted by Gasteiger charge is -2.41. The maximum atomic E-state index is 14.0. The monoisotopic (exact) mass is 535 g/mol. The Morgan fingerprint density at radius 3 is 1.93 bits per heavy atom. The number of piperidine rings is 1. The van der Waals surface area contributed by atoms with Crippen LogP contribution in [-0.4, -0.2) is 60.9 Å². The number of amides is 2. The number of benzene rings is 3. The quantitative estimate of drug-likeness (QED) is 0.371. The number of likely N-dealkylation sites (N-methyl/N-ethyl adjacent to an activating group) is 1. The third kappa shape index (κ3) is 5.62. The fourth-order valence-corrected chi connectivity index (χ4v) is 6.79. The van der Waals surface area contributed by atoms with E-state index in [9.17, 15) is 9.59 Å². The first-order chi connectivity index (χ1) is 19.4. The molecule has 2 bridgehead atoms. The molecule has 2 heterocycles. The number of carbonyl (C=O) groups excluding carboxylic acids is 2. The van der Waals surface area contributed by atoms with Crippen LogP contribution >= 0.6 is 0 Å². The Kier molecular flexibility index (Phi) is 8.51. The van der Waals surface area contributed by atoms with Gasteiger partial charge in [0, 0.05) is 44.8 Å². The molecule has 2 aliphatic heterocycles. The maximum absolute atomic E-state index is 14.0. The summed E-state index contributed by atoms with van der Waals surface area (Å²) in [4.78, 5) is 30.6. The largest absolute Gasteiger partial charge is 0.352 e. The van der Waals surface area contributed by atoms with E-state index in [1.807, 2.05) is 81.7 Å². The van der Waals surface area contributed by atoms with E-state index in [1.54, 1.807) is 4.90 Å². The number of hydrogen-bond acceptors (Lipinski definition) is 3. The van der Waals surface area contributed by atoms with Crippen LogP contribution in [0, 0.1) is 0 Å². The van der Waals surface area contributed by atoms with E-state index in [2.05, 4.69) is 40.6 Å². The summed E-state index contributed by atoms with van der Waals surface area (Å²) in [6, 6.07) is 29.6. The average molecular weight is 536 g/mol. The van der Waals surface area contributed by atoms with Crippen LogP contribution in [0.15, 0.2) is 90.5 Å². The lowest BCUT2D eigenvalue weighted by molar-refractivity contribution is -0.133. The first kappa shape index (κ1) is 27.9. The van der Waals surface area contributed by atoms with Crippen molar-refractivity contribution in [1.29, 1.82) is 0 Å². The van der Waals surface area contributed by atoms with Gasteiger partial charge in [0.15, 0.2) is 0 Å². The van der Waals surface area contributed by atoms with E-state index in [4.69, 9.17) is 0 Å². The summed E-state index contributed by atoms with van der Waals surface area (Å²) >= 11 is 0. The third-order valence-electron chi connectivity index (χ3n) is 8.70. The van der Waals surface area contributed by atoms with Crippen LogP contribution in [0.4, 0.5) is 0 Å². The lowest BCUT2D eigenvalue weighted by atomic mass is 9.70. The molecule has 2 atom stereocenters. The van der Waals surface area contributed by atoms with Crippen molar-refractivity contribution in [1.82, 2.24) is 15.1 Å². The first-order valence-corrected chi connectivity index (χ1v) is 14.6. The molecule has 0 aliphatic carbocycles. The fraction of sp³-hybridized carbons (Fsp3) is 0.371. The Labute approximate surface area is 238 Å². The molecule has 2 fully saturated rings. The smallest absolute Gasteiger partial charge is 0.251 e. The number of rotatable bonds is 9. The molecule has 1 N–H and O–H groups in total. The number of fused-ring (bicyclic) bond motifs is 2. The van der Waals surface area contributed by atoms with Crippen LogP contribution in [0.5, 0.6) is 0 Å². The van der Waals surface area contributed by atoms with Crippen molar-refractivity contribution in [3.8, 4) is 0 Å². The van der Waals surface area contributed by atoms with Crippen LogP contribution in [0.2, 0.25) is 0 Å². The van der Waals surface area contributed by atoms with Crippen LogP contribution in [0.1, 0.15) is 66.1 Å². The maximum Gasteiger partial charge on any atom is 0.251 e. The molecule has 208 valence electrons. The topological polar surface area (TPSA) is 52.7 Å². The van der Waals surface area contributed by atoms with Crippen LogP contribution in [0.3, 0.4) is 0 Å². The second-order valence-corrected chi connectivity index (χ2v) is 11.4. The minimum Gasteiger partial charge on any atom is -0.352 e. The van der Waals surface area contributed by atoms with Crippen molar-refractivity contribution < 1.29 is 9.59 Å². The van der Waals surface area contributed by atoms with E-state index in [0.29, 0.717) is 24.2 Å². The van der Waals surface area contributed by atoms with Crippen molar-refractivity contribution in [2.75, 3.05) is 27.2 Å². The van der Waals surface area contributed by atoms with E-state index in [1.165, 1.54) is 18.4 Å². The summed E-state index contributed by atoms with van der Waals surface area (Å²) in [7, 11) is 3.74. The average Bonchev–Trinajstić information content (AvgIpc) is 3.22. The summed E-state index contributed by atoms with van der Waals surface area (Å²) in [5.74, 6) is 0.105. The molecule has 2 unspecified atom stereocenters. The zero-order chi connectivity index (χ0) is 28.1. The zero-order valence-corrected chi connectivity index (χ0v) is 24.0. The van der Waals surface area contributed by atoms with Crippen molar-refractivity contribution in [2.45, 2.75) is 56.5 Å². The summed E-state index contributed by atoms with van der Waals surface area (Å²) in [6.07, 6.45) is 7.57. The summed E-state index contributed by atoms with van der Waals surface area (Å²) in [6.45, 7) is 3.44. The molecule has 2 saturated heterocycles. The molecule has 0 saturated carbocycles. The second-order valence-electron chi connectivity index (χ2n) is 11.4. The minimum atomic E-state index is -0.729. The Hall–Kier alpha value is -3.70. The van der Waals surface area contributed by atoms with Crippen LogP contribution in [-0.2, 0) is 10.2 Å². The Balaban J connectivity index is 1.36. The zero-order valence-electron chi connectivity index (χ0n) is 24.0. The first-order valence-electron chi connectivity index (χ1n) is 14.6. The molecule has 0 radical (unpaired) electrons. The van der Waals surface area contributed by atoms with Crippen molar-refractivity contribution >= 4 is 17.9 Å². The van der Waals surface area contributed by atoms with E-state index >= 15 is 0 Å². The van der Waals surface area contributed by atoms with Crippen LogP contribution < -0.4 is 5.32 Å². The molecule has 3 aromatic carbocycles. The van der Waals surface area contributed by atoms with Gasteiger partial charge in [-0.2, -0.15) is 0 Å². The predicted molar refractivity (Wildman–Crippen MR) is 162 cm³/mol. The van der Waals surface area contributed by atoms with Gasteiger partial charge in [-0.3, -0.25) is 14.5 Å². The highest BCUT2D eigenvalue weighted by Gasteiger charge is 2.45. The molecule has 2 amide bonds. The molecular weight excluding hydrogens is 494 g/mol. The van der Waals surface area contributed by atoms with E-state index < -0.39 is 5.41 Å². The highest BCUT2D eigenvalue weighted by molar-refractivity contribution is 5.94. The number of nitrogens with one attached hydrogen (secondary N) is 1. The lowest BCUT2D eigenvalue weighted by Crippen LogP contribution is -2.49. The van der Waals surface area contributed by atoms with E-state index in [-0.39, 0.29) is 11.8 Å². The second kappa shape index (κ2) is 12.2. The number of carbonyl (C=O) groups is 2.